The molecule has 0 aromatic heterocycles. The zero-order chi connectivity index (χ0) is 18.6. The van der Waals surface area contributed by atoms with Crippen LogP contribution >= 0.6 is 58.0 Å². The molecule has 0 aliphatic carbocycles. The molecular formula is C16H13Cl5O3. The molecule has 0 radical (unpaired) electrons. The number of halogens is 5. The summed E-state index contributed by atoms with van der Waals surface area (Å²) in [6, 6.07) is 4.42. The van der Waals surface area contributed by atoms with E-state index in [0.717, 1.165) is 7.11 Å². The minimum absolute atomic E-state index is 0.0416. The van der Waals surface area contributed by atoms with Crippen LogP contribution in [0, 0.1) is 0 Å². The van der Waals surface area contributed by atoms with E-state index in [-0.39, 0.29) is 10.6 Å². The van der Waals surface area contributed by atoms with Crippen molar-refractivity contribution in [2.24, 2.45) is 0 Å². The number of aromatic carboxylic acids is 1. The van der Waals surface area contributed by atoms with Crippen LogP contribution in [0.5, 0.6) is 0 Å². The molecule has 0 amide bonds. The zero-order valence-corrected chi connectivity index (χ0v) is 16.4. The summed E-state index contributed by atoms with van der Waals surface area (Å²) in [7, 11) is 1.00. The van der Waals surface area contributed by atoms with Crippen LogP contribution in [-0.4, -0.2) is 23.3 Å². The third kappa shape index (κ3) is 4.29. The summed E-state index contributed by atoms with van der Waals surface area (Å²) in [5.41, 5.74) is 1.44. The molecular weight excluding hydrogens is 417 g/mol. The molecule has 0 spiro atoms. The Morgan fingerprint density at radius 2 is 1.42 bits per heavy atom. The molecule has 0 aliphatic heterocycles. The molecule has 0 saturated heterocycles. The molecule has 24 heavy (non-hydrogen) atoms. The van der Waals surface area contributed by atoms with Gasteiger partial charge in [-0.2, -0.15) is 0 Å². The van der Waals surface area contributed by atoms with Gasteiger partial charge >= 0.3 is 5.97 Å². The molecule has 0 unspecified atom stereocenters. The van der Waals surface area contributed by atoms with E-state index in [9.17, 15) is 9.90 Å². The lowest BCUT2D eigenvalue weighted by Crippen LogP contribution is -2.02. The van der Waals surface area contributed by atoms with E-state index >= 15 is 0 Å². The van der Waals surface area contributed by atoms with Gasteiger partial charge < -0.3 is 10.2 Å². The third-order valence-electron chi connectivity index (χ3n) is 3.18. The van der Waals surface area contributed by atoms with Crippen molar-refractivity contribution in [3.05, 3.63) is 54.4 Å². The highest BCUT2D eigenvalue weighted by atomic mass is 35.5. The summed E-state index contributed by atoms with van der Waals surface area (Å²) in [4.78, 5) is 11.4. The number of aliphatic hydroxyl groups excluding tert-OH is 1. The van der Waals surface area contributed by atoms with Gasteiger partial charge in [-0.05, 0) is 30.2 Å². The molecule has 2 aromatic rings. The van der Waals surface area contributed by atoms with Crippen LogP contribution in [0.1, 0.15) is 22.8 Å². The monoisotopic (exact) mass is 428 g/mol. The van der Waals surface area contributed by atoms with Crippen molar-refractivity contribution in [2.75, 3.05) is 7.11 Å². The van der Waals surface area contributed by atoms with Crippen molar-refractivity contribution < 1.29 is 15.0 Å². The van der Waals surface area contributed by atoms with E-state index in [1.807, 2.05) is 6.92 Å². The number of rotatable bonds is 3. The van der Waals surface area contributed by atoms with E-state index < -0.39 is 5.97 Å². The third-order valence-corrected chi connectivity index (χ3v) is 5.07. The number of hydrogen-bond donors (Lipinski definition) is 2. The van der Waals surface area contributed by atoms with Gasteiger partial charge in [0.15, 0.2) is 0 Å². The Kier molecular flexibility index (Phi) is 8.13. The Balaban J connectivity index is 0.00000139. The van der Waals surface area contributed by atoms with Gasteiger partial charge in [-0.25, -0.2) is 4.79 Å². The Hall–Kier alpha value is -0.680. The second-order valence-corrected chi connectivity index (χ2v) is 6.46. The maximum atomic E-state index is 11.4. The maximum Gasteiger partial charge on any atom is 0.337 e. The lowest BCUT2D eigenvalue weighted by atomic mass is 9.98. The van der Waals surface area contributed by atoms with Crippen molar-refractivity contribution in [1.29, 1.82) is 0 Å². The first kappa shape index (κ1) is 21.4. The van der Waals surface area contributed by atoms with Gasteiger partial charge in [0, 0.05) is 18.2 Å². The van der Waals surface area contributed by atoms with Gasteiger partial charge in [0.1, 0.15) is 0 Å². The van der Waals surface area contributed by atoms with E-state index in [1.54, 1.807) is 6.07 Å². The van der Waals surface area contributed by atoms with Gasteiger partial charge in [0.25, 0.3) is 0 Å². The van der Waals surface area contributed by atoms with Gasteiger partial charge in [0.05, 0.1) is 30.7 Å². The first-order valence-corrected chi connectivity index (χ1v) is 8.50. The van der Waals surface area contributed by atoms with Crippen molar-refractivity contribution in [2.45, 2.75) is 13.3 Å². The number of carboxylic acid groups (broad SMARTS) is 1. The van der Waals surface area contributed by atoms with Crippen LogP contribution in [0.15, 0.2) is 18.2 Å². The minimum Gasteiger partial charge on any atom is -0.478 e. The summed E-state index contributed by atoms with van der Waals surface area (Å²) in [5.74, 6) is -1.14. The second-order valence-electron chi connectivity index (χ2n) is 4.48. The van der Waals surface area contributed by atoms with Gasteiger partial charge in [-0.15, -0.1) is 0 Å². The predicted molar refractivity (Wildman–Crippen MR) is 101 cm³/mol. The molecule has 0 fully saturated rings. The molecule has 0 heterocycles. The second kappa shape index (κ2) is 9.14. The number of carbonyl (C=O) groups is 1. The molecule has 2 aromatic carbocycles. The Bertz CT molecular complexity index is 775. The van der Waals surface area contributed by atoms with Crippen LogP contribution in [0.4, 0.5) is 0 Å². The fraction of sp³-hybridized carbons (Fsp3) is 0.188. The smallest absolute Gasteiger partial charge is 0.337 e. The normalized spacial score (nSPS) is 10.2. The Labute approximate surface area is 164 Å². The highest BCUT2D eigenvalue weighted by molar-refractivity contribution is 6.44. The lowest BCUT2D eigenvalue weighted by Gasteiger charge is -2.15. The summed E-state index contributed by atoms with van der Waals surface area (Å²) >= 11 is 30.6. The molecule has 2 rings (SSSR count). The Morgan fingerprint density at radius 3 is 1.92 bits per heavy atom. The van der Waals surface area contributed by atoms with Crippen LogP contribution in [0.25, 0.3) is 11.1 Å². The fourth-order valence-electron chi connectivity index (χ4n) is 2.08. The van der Waals surface area contributed by atoms with Gasteiger partial charge in [0.2, 0.25) is 0 Å². The van der Waals surface area contributed by atoms with E-state index in [1.165, 1.54) is 12.1 Å². The van der Waals surface area contributed by atoms with Gasteiger partial charge in [-0.1, -0.05) is 64.9 Å². The number of hydrogen-bond acceptors (Lipinski definition) is 2. The summed E-state index contributed by atoms with van der Waals surface area (Å²) in [5, 5.41) is 17.7. The quantitative estimate of drug-likeness (QED) is 0.547. The summed E-state index contributed by atoms with van der Waals surface area (Å²) in [6.07, 6.45) is 0.477. The van der Waals surface area contributed by atoms with Crippen molar-refractivity contribution in [1.82, 2.24) is 0 Å². The van der Waals surface area contributed by atoms with Gasteiger partial charge in [-0.3, -0.25) is 0 Å². The average Bonchev–Trinajstić information content (AvgIpc) is 2.53. The summed E-state index contributed by atoms with van der Waals surface area (Å²) in [6.45, 7) is 1.83. The molecule has 8 heteroatoms. The van der Waals surface area contributed by atoms with Crippen LogP contribution < -0.4 is 0 Å². The predicted octanol–water partition coefficient (Wildman–Crippen LogP) is 6.49. The largest absolute Gasteiger partial charge is 0.478 e. The van der Waals surface area contributed by atoms with E-state index in [2.05, 4.69) is 0 Å². The topological polar surface area (TPSA) is 57.5 Å². The lowest BCUT2D eigenvalue weighted by molar-refractivity contribution is 0.0697. The zero-order valence-electron chi connectivity index (χ0n) is 12.6. The average molecular weight is 431 g/mol. The first-order chi connectivity index (χ1) is 11.3. The first-order valence-electron chi connectivity index (χ1n) is 6.61. The highest BCUT2D eigenvalue weighted by Gasteiger charge is 2.21. The standard InChI is InChI=1S/C15H9Cl5O2.CH4O/c1-2-6-13(19)8(3-9(14(6)20)15(21)22)7-4-11(17)12(18)5-10(7)16;1-2/h3-5H,2H2,1H3,(H,21,22);2H,1H3. The molecule has 0 saturated carbocycles. The number of benzene rings is 2. The molecule has 0 atom stereocenters. The Morgan fingerprint density at radius 1 is 0.875 bits per heavy atom. The highest BCUT2D eigenvalue weighted by Crippen LogP contribution is 2.42. The molecule has 0 aliphatic rings. The van der Waals surface area contributed by atoms with Crippen LogP contribution in [0.3, 0.4) is 0 Å². The minimum atomic E-state index is -1.14. The fourth-order valence-corrected chi connectivity index (χ4v) is 3.53. The van der Waals surface area contributed by atoms with Crippen molar-refractivity contribution in [3.8, 4) is 11.1 Å². The molecule has 130 valence electrons. The summed E-state index contributed by atoms with van der Waals surface area (Å²) < 4.78 is 0. The molecule has 2 N–H and O–H groups in total. The van der Waals surface area contributed by atoms with E-state index in [0.29, 0.717) is 43.2 Å². The number of carboxylic acids is 1. The van der Waals surface area contributed by atoms with E-state index in [4.69, 9.17) is 63.1 Å². The molecule has 3 nitrogen and oxygen atoms in total. The molecule has 0 bridgehead atoms. The maximum absolute atomic E-state index is 11.4. The van der Waals surface area contributed by atoms with Crippen LogP contribution in [0.2, 0.25) is 25.1 Å². The van der Waals surface area contributed by atoms with Crippen molar-refractivity contribution in [3.63, 3.8) is 0 Å². The van der Waals surface area contributed by atoms with Crippen molar-refractivity contribution >= 4 is 64.0 Å². The number of aliphatic hydroxyl groups is 1. The SMILES string of the molecule is CCc1c(Cl)c(C(=O)O)cc(-c2cc(Cl)c(Cl)cc2Cl)c1Cl.CO. The van der Waals surface area contributed by atoms with Crippen LogP contribution in [-0.2, 0) is 6.42 Å².